The Bertz CT molecular complexity index is 2260. The zero-order valence-electron chi connectivity index (χ0n) is 34.9. The van der Waals surface area contributed by atoms with Crippen LogP contribution in [0, 0.1) is 5.92 Å². The molecule has 0 radical (unpaired) electrons. The lowest BCUT2D eigenvalue weighted by molar-refractivity contribution is -0.141. The van der Waals surface area contributed by atoms with Gasteiger partial charge in [0, 0.05) is 26.8 Å². The van der Waals surface area contributed by atoms with Crippen molar-refractivity contribution in [3.8, 4) is 33.6 Å². The van der Waals surface area contributed by atoms with Gasteiger partial charge >= 0.3 is 12.2 Å². The summed E-state index contributed by atoms with van der Waals surface area (Å²) in [4.78, 5) is 72.4. The maximum Gasteiger partial charge on any atom is 0.407 e. The van der Waals surface area contributed by atoms with Gasteiger partial charge in [-0.15, -0.1) is 0 Å². The normalized spacial score (nSPS) is 22.4. The predicted octanol–water partition coefficient (Wildman–Crippen LogP) is 5.47. The number of carbonyl (C=O) groups is 4. The number of hydrogen-bond donors (Lipinski definition) is 4. The summed E-state index contributed by atoms with van der Waals surface area (Å²) in [7, 11) is 5.57. The number of imidazole rings is 2. The molecule has 2 aliphatic heterocycles. The minimum atomic E-state index is -0.896. The van der Waals surface area contributed by atoms with Crippen molar-refractivity contribution >= 4 is 24.0 Å². The number of aromatic amines is 2. The highest BCUT2D eigenvalue weighted by atomic mass is 16.5. The first-order valence-electron chi connectivity index (χ1n) is 20.8. The number of nitrogens with zero attached hydrogens (tertiary/aromatic N) is 4. The van der Waals surface area contributed by atoms with E-state index in [1.54, 1.807) is 18.7 Å². The topological polar surface area (TPSA) is 193 Å². The molecule has 1 unspecified atom stereocenters. The number of nitrogens with one attached hydrogen (secondary N) is 4. The fourth-order valence-corrected chi connectivity index (χ4v) is 9.73. The Morgan fingerprint density at radius 1 is 0.733 bits per heavy atom. The summed E-state index contributed by atoms with van der Waals surface area (Å²) in [6, 6.07) is 10.8. The largest absolute Gasteiger partial charge is 0.453 e. The second-order valence-electron chi connectivity index (χ2n) is 16.3. The number of aromatic nitrogens is 4. The van der Waals surface area contributed by atoms with Gasteiger partial charge in [0.25, 0.3) is 0 Å². The van der Waals surface area contributed by atoms with Gasteiger partial charge in [0.1, 0.15) is 23.7 Å². The van der Waals surface area contributed by atoms with Crippen molar-refractivity contribution in [3.63, 3.8) is 0 Å². The van der Waals surface area contributed by atoms with Gasteiger partial charge in [-0.1, -0.05) is 24.3 Å². The van der Waals surface area contributed by atoms with Gasteiger partial charge in [0.05, 0.1) is 62.3 Å². The summed E-state index contributed by atoms with van der Waals surface area (Å²) in [5.74, 6) is 1.29. The van der Waals surface area contributed by atoms with Crippen molar-refractivity contribution in [2.24, 2.45) is 5.92 Å². The molecule has 4 aliphatic rings. The van der Waals surface area contributed by atoms with E-state index in [0.717, 1.165) is 73.3 Å². The van der Waals surface area contributed by atoms with Crippen LogP contribution in [0.15, 0.2) is 48.8 Å². The van der Waals surface area contributed by atoms with Crippen LogP contribution in [0.4, 0.5) is 9.59 Å². The third-order valence-electron chi connectivity index (χ3n) is 13.1. The number of aryl methyl sites for hydroxylation is 2. The van der Waals surface area contributed by atoms with Crippen LogP contribution in [0.25, 0.3) is 33.6 Å². The molecule has 16 heteroatoms. The Morgan fingerprint density at radius 3 is 1.85 bits per heavy atom. The van der Waals surface area contributed by atoms with E-state index in [1.165, 1.54) is 50.7 Å². The van der Waals surface area contributed by atoms with Crippen molar-refractivity contribution < 1.29 is 38.1 Å². The quantitative estimate of drug-likeness (QED) is 0.143. The van der Waals surface area contributed by atoms with E-state index in [9.17, 15) is 19.2 Å². The van der Waals surface area contributed by atoms with E-state index in [0.29, 0.717) is 12.4 Å². The number of methoxy groups -OCH3 is 4. The highest BCUT2D eigenvalue weighted by molar-refractivity contribution is 5.88. The van der Waals surface area contributed by atoms with Crippen LogP contribution in [-0.2, 0) is 41.4 Å². The van der Waals surface area contributed by atoms with Crippen LogP contribution < -0.4 is 10.6 Å². The average Bonchev–Trinajstić information content (AvgIpc) is 4.14. The van der Waals surface area contributed by atoms with E-state index in [1.807, 2.05) is 17.3 Å². The van der Waals surface area contributed by atoms with Gasteiger partial charge in [-0.25, -0.2) is 19.6 Å². The molecule has 2 bridgehead atoms. The Labute approximate surface area is 349 Å². The van der Waals surface area contributed by atoms with Gasteiger partial charge in [0.2, 0.25) is 11.8 Å². The molecule has 8 atom stereocenters. The Balaban J connectivity index is 0.983. The minimum Gasteiger partial charge on any atom is -0.453 e. The molecule has 8 rings (SSSR count). The number of amides is 4. The molecule has 2 aromatic carbocycles. The molecule has 2 aliphatic carbocycles. The van der Waals surface area contributed by atoms with Gasteiger partial charge in [-0.2, -0.15) is 0 Å². The van der Waals surface area contributed by atoms with Crippen LogP contribution in [0.1, 0.15) is 80.8 Å². The molecule has 60 heavy (non-hydrogen) atoms. The van der Waals surface area contributed by atoms with Gasteiger partial charge in [0.15, 0.2) is 0 Å². The third kappa shape index (κ3) is 7.62. The summed E-state index contributed by atoms with van der Waals surface area (Å²) < 4.78 is 20.5. The molecule has 4 N–H and O–H groups in total. The lowest BCUT2D eigenvalue weighted by Crippen LogP contribution is -2.56. The monoisotopic (exact) mass is 822 g/mol. The Kier molecular flexibility index (Phi) is 11.7. The lowest BCUT2D eigenvalue weighted by Gasteiger charge is -2.37. The molecule has 1 saturated carbocycles. The van der Waals surface area contributed by atoms with Crippen LogP contribution >= 0.6 is 0 Å². The number of H-pyrrole nitrogens is 2. The fraction of sp³-hybridized carbons (Fsp3) is 0.500. The molecule has 4 heterocycles. The zero-order valence-corrected chi connectivity index (χ0v) is 34.9. The average molecular weight is 823 g/mol. The summed E-state index contributed by atoms with van der Waals surface area (Å²) in [5, 5.41) is 5.33. The smallest absolute Gasteiger partial charge is 0.407 e. The van der Waals surface area contributed by atoms with E-state index < -0.39 is 36.5 Å². The number of rotatable bonds is 12. The first-order valence-corrected chi connectivity index (χ1v) is 20.8. The molecule has 318 valence electrons. The number of benzene rings is 2. The number of alkyl carbamates (subject to hydrolysis) is 2. The zero-order chi connectivity index (χ0) is 42.2. The summed E-state index contributed by atoms with van der Waals surface area (Å²) in [6.07, 6.45) is 7.33. The standard InChI is InChI=1S/C44H54N8O8/c1-23(57-3)36(49-43(55)59-5)41(53)51-17-7-8-35(51)39-45-21-33(47-39)27-12-15-31-25(18-27)9-10-26-19-28(13-16-32(26)31)34-22-46-40(48-34)38-29-11-14-30(20-29)52(38)42(54)37(24(2)58-4)50-44(56)60-6/h12-13,15-16,18-19,21-24,29-30,35-38H,7-11,14,17,20H2,1-6H3,(H,45,47)(H,46,48)(H,49,55)(H,50,56)/t23?,24-,29+,30-,35+,36+,37+,38+/m1/s1. The Morgan fingerprint density at radius 2 is 1.28 bits per heavy atom. The number of ether oxygens (including phenoxy) is 4. The number of piperidine rings is 1. The van der Waals surface area contributed by atoms with Gasteiger partial charge in [-0.3, -0.25) is 9.59 Å². The second kappa shape index (κ2) is 17.1. The fourth-order valence-electron chi connectivity index (χ4n) is 9.73. The first kappa shape index (κ1) is 41.0. The molecule has 2 saturated heterocycles. The van der Waals surface area contributed by atoms with E-state index in [4.69, 9.17) is 28.9 Å². The molecule has 4 amide bonds. The van der Waals surface area contributed by atoms with E-state index in [2.05, 4.69) is 57.0 Å². The number of hydrogen-bond acceptors (Lipinski definition) is 10. The predicted molar refractivity (Wildman–Crippen MR) is 220 cm³/mol. The molecular weight excluding hydrogens is 769 g/mol. The molecule has 3 fully saturated rings. The van der Waals surface area contributed by atoms with E-state index >= 15 is 0 Å². The van der Waals surface area contributed by atoms with Crippen LogP contribution in [0.2, 0.25) is 0 Å². The van der Waals surface area contributed by atoms with Crippen molar-refractivity contribution in [3.05, 3.63) is 71.6 Å². The SMILES string of the molecule is COC(=O)N[C@H](C(=O)N1CCC[C@H]1c1ncc(-c2ccc3c(c2)CCc2cc(-c4cnc([C@@H]5[C@H]6CC[C@H](C6)N5C(=O)[C@@H](NC(=O)OC)[C@@H](C)OC)[nH]4)ccc2-3)[nH]1)C(C)OC. The molecule has 0 spiro atoms. The molecular formula is C44H54N8O8. The number of carbonyl (C=O) groups excluding carboxylic acids is 4. The minimum absolute atomic E-state index is 0.0709. The van der Waals surface area contributed by atoms with Crippen molar-refractivity contribution in [2.75, 3.05) is 35.0 Å². The number of fused-ring (bicyclic) bond motifs is 5. The van der Waals surface area contributed by atoms with Gasteiger partial charge in [-0.05, 0) is 110 Å². The maximum absolute atomic E-state index is 14.1. The number of likely N-dealkylation sites (tertiary alicyclic amines) is 2. The maximum atomic E-state index is 14.1. The lowest BCUT2D eigenvalue weighted by atomic mass is 9.83. The van der Waals surface area contributed by atoms with Crippen molar-refractivity contribution in [2.45, 2.75) is 101 Å². The first-order chi connectivity index (χ1) is 29.0. The summed E-state index contributed by atoms with van der Waals surface area (Å²) in [6.45, 7) is 4.05. The molecule has 2 aromatic heterocycles. The third-order valence-corrected chi connectivity index (χ3v) is 13.1. The Hall–Kier alpha value is -5.74. The summed E-state index contributed by atoms with van der Waals surface area (Å²) >= 11 is 0. The highest BCUT2D eigenvalue weighted by Crippen LogP contribution is 2.50. The molecule has 16 nitrogen and oxygen atoms in total. The van der Waals surface area contributed by atoms with E-state index in [-0.39, 0.29) is 35.9 Å². The second-order valence-corrected chi connectivity index (χ2v) is 16.3. The molecule has 4 aromatic rings. The summed E-state index contributed by atoms with van der Waals surface area (Å²) in [5.41, 5.74) is 8.69. The van der Waals surface area contributed by atoms with Crippen LogP contribution in [0.5, 0.6) is 0 Å². The highest BCUT2D eigenvalue weighted by Gasteiger charge is 2.52. The van der Waals surface area contributed by atoms with Crippen LogP contribution in [-0.4, -0.2) is 119 Å². The van der Waals surface area contributed by atoms with Crippen molar-refractivity contribution in [1.82, 2.24) is 40.4 Å². The van der Waals surface area contributed by atoms with Crippen molar-refractivity contribution in [1.29, 1.82) is 0 Å². The van der Waals surface area contributed by atoms with Gasteiger partial charge < -0.3 is 49.3 Å². The van der Waals surface area contributed by atoms with Crippen LogP contribution in [0.3, 0.4) is 0 Å².